The van der Waals surface area contributed by atoms with Crippen molar-refractivity contribution in [1.29, 1.82) is 0 Å². The van der Waals surface area contributed by atoms with Gasteiger partial charge in [0, 0.05) is 28.0 Å². The molecule has 0 aliphatic carbocycles. The van der Waals surface area contributed by atoms with Crippen LogP contribution in [0, 0.1) is 13.8 Å². The van der Waals surface area contributed by atoms with Crippen molar-refractivity contribution in [2.45, 2.75) is 26.9 Å². The van der Waals surface area contributed by atoms with Crippen LogP contribution in [-0.2, 0) is 13.1 Å². The quantitative estimate of drug-likeness (QED) is 0.333. The normalized spacial score (nSPS) is 10.9. The third kappa shape index (κ3) is 5.68. The first-order chi connectivity index (χ1) is 15.4. The molecule has 164 valence electrons. The Balaban J connectivity index is 1.36. The van der Waals surface area contributed by atoms with Gasteiger partial charge in [-0.1, -0.05) is 59.1 Å². The summed E-state index contributed by atoms with van der Waals surface area (Å²) in [6.07, 6.45) is 3.66. The molecule has 32 heavy (non-hydrogen) atoms. The lowest BCUT2D eigenvalue weighted by atomic mass is 10.1. The van der Waals surface area contributed by atoms with E-state index in [1.165, 1.54) is 11.1 Å². The Kier molecular flexibility index (Phi) is 6.79. The van der Waals surface area contributed by atoms with Crippen LogP contribution >= 0.6 is 35.4 Å². The molecule has 0 radical (unpaired) electrons. The smallest absolute Gasteiger partial charge is 0.176 e. The molecule has 0 spiro atoms. The van der Waals surface area contributed by atoms with Gasteiger partial charge in [0.2, 0.25) is 0 Å². The van der Waals surface area contributed by atoms with Crippen molar-refractivity contribution >= 4 is 52.0 Å². The zero-order valence-corrected chi connectivity index (χ0v) is 20.0. The predicted octanol–water partition coefficient (Wildman–Crippen LogP) is 5.91. The van der Waals surface area contributed by atoms with E-state index in [2.05, 4.69) is 52.0 Å². The highest BCUT2D eigenvalue weighted by Gasteiger charge is 2.10. The third-order valence-corrected chi connectivity index (χ3v) is 5.71. The lowest BCUT2D eigenvalue weighted by molar-refractivity contribution is 0.668. The minimum Gasteiger partial charge on any atom is -0.330 e. The zero-order chi connectivity index (χ0) is 22.7. The van der Waals surface area contributed by atoms with Gasteiger partial charge in [0.25, 0.3) is 0 Å². The molecule has 0 amide bonds. The molecular formula is C23H22Cl2N6S. The van der Waals surface area contributed by atoms with E-state index in [4.69, 9.17) is 35.4 Å². The Hall–Kier alpha value is -2.87. The number of aromatic nitrogens is 4. The van der Waals surface area contributed by atoms with E-state index in [1.807, 2.05) is 40.7 Å². The number of benzene rings is 2. The van der Waals surface area contributed by atoms with Crippen LogP contribution in [0.5, 0.6) is 0 Å². The summed E-state index contributed by atoms with van der Waals surface area (Å²) in [6.45, 7) is 5.28. The molecule has 0 aliphatic rings. The van der Waals surface area contributed by atoms with Gasteiger partial charge < -0.3 is 10.6 Å². The van der Waals surface area contributed by atoms with Crippen LogP contribution in [0.25, 0.3) is 0 Å². The number of hydrogen-bond donors (Lipinski definition) is 2. The summed E-state index contributed by atoms with van der Waals surface area (Å²) in [5.41, 5.74) is 5.15. The molecule has 0 fully saturated rings. The number of nitrogens with one attached hydrogen (secondary N) is 2. The molecule has 4 aromatic rings. The fraction of sp³-hybridized carbons (Fsp3) is 0.174. The van der Waals surface area contributed by atoms with Crippen molar-refractivity contribution in [3.8, 4) is 0 Å². The topological polar surface area (TPSA) is 59.7 Å². The van der Waals surface area contributed by atoms with E-state index in [0.29, 0.717) is 34.1 Å². The number of rotatable bonds is 6. The van der Waals surface area contributed by atoms with Gasteiger partial charge >= 0.3 is 0 Å². The van der Waals surface area contributed by atoms with Gasteiger partial charge in [-0.3, -0.25) is 9.36 Å². The van der Waals surface area contributed by atoms with Crippen LogP contribution < -0.4 is 10.6 Å². The highest BCUT2D eigenvalue weighted by Crippen LogP contribution is 2.22. The maximum absolute atomic E-state index is 6.29. The predicted molar refractivity (Wildman–Crippen MR) is 135 cm³/mol. The molecule has 0 aliphatic heterocycles. The number of hydrogen-bond acceptors (Lipinski definition) is 3. The molecule has 9 heteroatoms. The first-order valence-electron chi connectivity index (χ1n) is 10.00. The average molecular weight is 485 g/mol. The maximum Gasteiger partial charge on any atom is 0.176 e. The van der Waals surface area contributed by atoms with Crippen molar-refractivity contribution in [1.82, 2.24) is 19.6 Å². The van der Waals surface area contributed by atoms with Crippen LogP contribution in [-0.4, -0.2) is 24.7 Å². The lowest BCUT2D eigenvalue weighted by Gasteiger charge is -2.08. The van der Waals surface area contributed by atoms with Crippen LogP contribution in [0.2, 0.25) is 10.0 Å². The van der Waals surface area contributed by atoms with Gasteiger partial charge in [0.1, 0.15) is 0 Å². The van der Waals surface area contributed by atoms with Gasteiger partial charge in [-0.2, -0.15) is 10.2 Å². The molecule has 4 rings (SSSR count). The van der Waals surface area contributed by atoms with Crippen molar-refractivity contribution in [3.05, 3.63) is 93.4 Å². The van der Waals surface area contributed by atoms with Crippen molar-refractivity contribution in [2.75, 3.05) is 10.6 Å². The summed E-state index contributed by atoms with van der Waals surface area (Å²) in [5.74, 6) is 0.650. The van der Waals surface area contributed by atoms with Gasteiger partial charge in [-0.25, -0.2) is 0 Å². The number of aryl methyl sites for hydroxylation is 2. The first-order valence-corrected chi connectivity index (χ1v) is 11.2. The van der Waals surface area contributed by atoms with E-state index < -0.39 is 0 Å². The van der Waals surface area contributed by atoms with E-state index >= 15 is 0 Å². The lowest BCUT2D eigenvalue weighted by Crippen LogP contribution is -2.19. The summed E-state index contributed by atoms with van der Waals surface area (Å²) in [7, 11) is 0. The highest BCUT2D eigenvalue weighted by atomic mass is 35.5. The van der Waals surface area contributed by atoms with E-state index in [-0.39, 0.29) is 0 Å². The molecule has 2 N–H and O–H groups in total. The second-order valence-electron chi connectivity index (χ2n) is 7.56. The van der Waals surface area contributed by atoms with E-state index in [9.17, 15) is 0 Å². The number of nitrogens with zero attached hydrogens (tertiary/aromatic N) is 4. The minimum atomic E-state index is 0.439. The first kappa shape index (κ1) is 22.3. The Bertz CT molecular complexity index is 1250. The summed E-state index contributed by atoms with van der Waals surface area (Å²) in [5, 5.41) is 16.9. The van der Waals surface area contributed by atoms with E-state index in [1.54, 1.807) is 12.3 Å². The van der Waals surface area contributed by atoms with Crippen LogP contribution in [0.1, 0.15) is 22.4 Å². The summed E-state index contributed by atoms with van der Waals surface area (Å²) in [4.78, 5) is 0. The molecular weight excluding hydrogens is 463 g/mol. The fourth-order valence-corrected chi connectivity index (χ4v) is 3.91. The maximum atomic E-state index is 6.29. The van der Waals surface area contributed by atoms with Crippen molar-refractivity contribution < 1.29 is 0 Å². The standard InChI is InChI=1S/C23H22Cl2N6S/c1-15-3-5-17(6-4-15)12-30-14-20(11-26-30)27-23(32)28-22-9-16(2)31(29-22)13-18-7-8-19(24)10-21(18)25/h3-11,14H,12-13H2,1-2H3,(H2,27,28,29,32). The van der Waals surface area contributed by atoms with Crippen molar-refractivity contribution in [3.63, 3.8) is 0 Å². The van der Waals surface area contributed by atoms with Gasteiger partial charge in [-0.15, -0.1) is 0 Å². The minimum absolute atomic E-state index is 0.439. The monoisotopic (exact) mass is 484 g/mol. The summed E-state index contributed by atoms with van der Waals surface area (Å²) >= 11 is 17.7. The van der Waals surface area contributed by atoms with Crippen LogP contribution in [0.15, 0.2) is 60.9 Å². The Morgan fingerprint density at radius 1 is 1.00 bits per heavy atom. The van der Waals surface area contributed by atoms with Crippen LogP contribution in [0.3, 0.4) is 0 Å². The number of anilines is 2. The molecule has 0 bridgehead atoms. The second-order valence-corrected chi connectivity index (χ2v) is 8.81. The summed E-state index contributed by atoms with van der Waals surface area (Å²) < 4.78 is 3.73. The van der Waals surface area contributed by atoms with Gasteiger partial charge in [-0.05, 0) is 49.3 Å². The Morgan fingerprint density at radius 3 is 2.53 bits per heavy atom. The highest BCUT2D eigenvalue weighted by molar-refractivity contribution is 7.80. The van der Waals surface area contributed by atoms with E-state index in [0.717, 1.165) is 16.9 Å². The SMILES string of the molecule is Cc1ccc(Cn2cc(NC(=S)Nc3cc(C)n(Cc4ccc(Cl)cc4Cl)n3)cn2)cc1. The number of thiocarbonyl (C=S) groups is 1. The Morgan fingerprint density at radius 2 is 1.78 bits per heavy atom. The molecule has 2 aromatic heterocycles. The molecule has 0 saturated heterocycles. The Labute approximate surface area is 202 Å². The number of halogens is 2. The largest absolute Gasteiger partial charge is 0.330 e. The molecule has 0 saturated carbocycles. The van der Waals surface area contributed by atoms with Gasteiger partial charge in [0.15, 0.2) is 10.9 Å². The van der Waals surface area contributed by atoms with Gasteiger partial charge in [0.05, 0.1) is 25.0 Å². The second kappa shape index (κ2) is 9.73. The molecule has 2 aromatic carbocycles. The molecule has 0 atom stereocenters. The fourth-order valence-electron chi connectivity index (χ4n) is 3.22. The summed E-state index contributed by atoms with van der Waals surface area (Å²) in [6, 6.07) is 15.8. The third-order valence-electron chi connectivity index (χ3n) is 4.91. The molecule has 2 heterocycles. The van der Waals surface area contributed by atoms with Crippen LogP contribution in [0.4, 0.5) is 11.5 Å². The van der Waals surface area contributed by atoms with Crippen molar-refractivity contribution in [2.24, 2.45) is 0 Å². The average Bonchev–Trinajstić information content (AvgIpc) is 3.31. The zero-order valence-electron chi connectivity index (χ0n) is 17.6. The molecule has 6 nitrogen and oxygen atoms in total. The molecule has 0 unspecified atom stereocenters.